The molecule has 0 saturated heterocycles. The molecule has 0 spiro atoms. The summed E-state index contributed by atoms with van der Waals surface area (Å²) in [6.07, 6.45) is 1.40. The third-order valence-electron chi connectivity index (χ3n) is 4.49. The summed E-state index contributed by atoms with van der Waals surface area (Å²) in [5.41, 5.74) is 3.11. The molecule has 3 rings (SSSR count). The zero-order valence-corrected chi connectivity index (χ0v) is 14.5. The second-order valence-electron chi connectivity index (χ2n) is 6.29. The summed E-state index contributed by atoms with van der Waals surface area (Å²) in [7, 11) is 1.57. The van der Waals surface area contributed by atoms with E-state index in [-0.39, 0.29) is 30.1 Å². The molecule has 26 heavy (non-hydrogen) atoms. The number of carbonyl (C=O) groups is 3. The zero-order chi connectivity index (χ0) is 18.5. The molecule has 134 valence electrons. The minimum atomic E-state index is -0.203. The van der Waals surface area contributed by atoms with Crippen LogP contribution in [0.25, 0.3) is 0 Å². The van der Waals surface area contributed by atoms with Crippen molar-refractivity contribution in [1.82, 2.24) is 5.32 Å². The normalized spacial score (nSPS) is 15.6. The van der Waals surface area contributed by atoms with Gasteiger partial charge in [-0.3, -0.25) is 14.4 Å². The maximum absolute atomic E-state index is 12.2. The zero-order valence-electron chi connectivity index (χ0n) is 14.5. The minimum Gasteiger partial charge on any atom is -0.355 e. The predicted octanol–water partition coefficient (Wildman–Crippen LogP) is 2.58. The van der Waals surface area contributed by atoms with Gasteiger partial charge in [-0.1, -0.05) is 18.2 Å². The number of amides is 3. The van der Waals surface area contributed by atoms with Gasteiger partial charge >= 0.3 is 0 Å². The Morgan fingerprint density at radius 1 is 1.12 bits per heavy atom. The molecule has 3 amide bonds. The highest BCUT2D eigenvalue weighted by molar-refractivity contribution is 5.97. The number of anilines is 2. The highest BCUT2D eigenvalue weighted by Gasteiger charge is 2.26. The average molecular weight is 351 g/mol. The number of rotatable bonds is 5. The summed E-state index contributed by atoms with van der Waals surface area (Å²) < 4.78 is 0. The van der Waals surface area contributed by atoms with E-state index in [1.54, 1.807) is 31.3 Å². The minimum absolute atomic E-state index is 0.0357. The Hall–Kier alpha value is -3.15. The Morgan fingerprint density at radius 3 is 2.58 bits per heavy atom. The lowest BCUT2D eigenvalue weighted by atomic mass is 9.89. The second-order valence-corrected chi connectivity index (χ2v) is 6.29. The van der Waals surface area contributed by atoms with Crippen molar-refractivity contribution in [3.05, 3.63) is 59.7 Å². The molecule has 2 aromatic carbocycles. The van der Waals surface area contributed by atoms with Gasteiger partial charge in [0.05, 0.1) is 0 Å². The topological polar surface area (TPSA) is 87.3 Å². The van der Waals surface area contributed by atoms with Gasteiger partial charge in [-0.25, -0.2) is 0 Å². The lowest BCUT2D eigenvalue weighted by Crippen LogP contribution is -2.30. The lowest BCUT2D eigenvalue weighted by molar-refractivity contribution is -0.121. The number of fused-ring (bicyclic) bond motifs is 1. The summed E-state index contributed by atoms with van der Waals surface area (Å²) in [5, 5.41) is 8.24. The molecule has 0 fully saturated rings. The Kier molecular flexibility index (Phi) is 5.31. The van der Waals surface area contributed by atoms with Crippen LogP contribution in [-0.4, -0.2) is 24.8 Å². The molecular weight excluding hydrogens is 330 g/mol. The van der Waals surface area contributed by atoms with Gasteiger partial charge in [-0.05, 0) is 48.7 Å². The van der Waals surface area contributed by atoms with E-state index in [0.717, 1.165) is 11.3 Å². The number of carbonyl (C=O) groups excluding carboxylic acids is 3. The number of nitrogens with one attached hydrogen (secondary N) is 3. The van der Waals surface area contributed by atoms with E-state index in [0.29, 0.717) is 24.1 Å². The third kappa shape index (κ3) is 4.08. The van der Waals surface area contributed by atoms with Gasteiger partial charge in [0.2, 0.25) is 11.8 Å². The summed E-state index contributed by atoms with van der Waals surface area (Å²) in [5.74, 6) is -0.562. The Morgan fingerprint density at radius 2 is 1.85 bits per heavy atom. The molecule has 1 atom stereocenters. The van der Waals surface area contributed by atoms with Crippen LogP contribution in [0, 0.1) is 5.92 Å². The highest BCUT2D eigenvalue weighted by atomic mass is 16.2. The monoisotopic (exact) mass is 351 g/mol. The molecule has 0 bridgehead atoms. The fourth-order valence-electron chi connectivity index (χ4n) is 3.02. The second kappa shape index (κ2) is 7.82. The van der Waals surface area contributed by atoms with Crippen molar-refractivity contribution in [3.8, 4) is 0 Å². The lowest BCUT2D eigenvalue weighted by Gasteiger charge is -2.24. The van der Waals surface area contributed by atoms with Crippen LogP contribution in [0.15, 0.2) is 48.5 Å². The van der Waals surface area contributed by atoms with Gasteiger partial charge < -0.3 is 16.0 Å². The highest BCUT2D eigenvalue weighted by Crippen LogP contribution is 2.27. The van der Waals surface area contributed by atoms with Crippen LogP contribution in [0.4, 0.5) is 11.4 Å². The van der Waals surface area contributed by atoms with Crippen LogP contribution < -0.4 is 16.0 Å². The fraction of sp³-hybridized carbons (Fsp3) is 0.250. The molecule has 3 N–H and O–H groups in total. The van der Waals surface area contributed by atoms with Gasteiger partial charge in [0.1, 0.15) is 0 Å². The van der Waals surface area contributed by atoms with Crippen LogP contribution in [0.3, 0.4) is 0 Å². The first-order chi connectivity index (χ1) is 12.6. The van der Waals surface area contributed by atoms with Gasteiger partial charge in [0, 0.05) is 36.3 Å². The number of para-hydroxylation sites is 1. The average Bonchev–Trinajstić information content (AvgIpc) is 2.66. The third-order valence-corrected chi connectivity index (χ3v) is 4.49. The van der Waals surface area contributed by atoms with Crippen molar-refractivity contribution in [2.45, 2.75) is 19.3 Å². The van der Waals surface area contributed by atoms with Crippen LogP contribution in [-0.2, 0) is 16.0 Å². The van der Waals surface area contributed by atoms with Crippen LogP contribution in [0.1, 0.15) is 28.8 Å². The largest absolute Gasteiger partial charge is 0.355 e. The molecule has 1 unspecified atom stereocenters. The summed E-state index contributed by atoms with van der Waals surface area (Å²) in [4.78, 5) is 35.8. The Labute approximate surface area is 152 Å². The Balaban J connectivity index is 1.53. The van der Waals surface area contributed by atoms with E-state index < -0.39 is 0 Å². The van der Waals surface area contributed by atoms with Crippen LogP contribution >= 0.6 is 0 Å². The number of hydrogen-bond acceptors (Lipinski definition) is 3. The summed E-state index contributed by atoms with van der Waals surface area (Å²) >= 11 is 0. The molecule has 0 aromatic heterocycles. The molecule has 0 aliphatic carbocycles. The van der Waals surface area contributed by atoms with Crippen LogP contribution in [0.5, 0.6) is 0 Å². The quantitative estimate of drug-likeness (QED) is 0.774. The van der Waals surface area contributed by atoms with Crippen molar-refractivity contribution in [3.63, 3.8) is 0 Å². The molecule has 2 aromatic rings. The van der Waals surface area contributed by atoms with E-state index >= 15 is 0 Å². The van der Waals surface area contributed by atoms with Gasteiger partial charge in [-0.2, -0.15) is 0 Å². The first-order valence-electron chi connectivity index (χ1n) is 8.57. The van der Waals surface area contributed by atoms with Crippen molar-refractivity contribution >= 4 is 29.1 Å². The number of hydrogen-bond donors (Lipinski definition) is 3. The van der Waals surface area contributed by atoms with Crippen LogP contribution in [0.2, 0.25) is 0 Å². The van der Waals surface area contributed by atoms with Crippen molar-refractivity contribution < 1.29 is 14.4 Å². The first kappa shape index (κ1) is 17.7. The Bertz CT molecular complexity index is 830. The van der Waals surface area contributed by atoms with E-state index in [2.05, 4.69) is 16.0 Å². The SMILES string of the molecule is CNC(=O)c1ccc(NC(=O)CCC2Cc3ccccc3NC2=O)cc1. The van der Waals surface area contributed by atoms with E-state index in [4.69, 9.17) is 0 Å². The maximum Gasteiger partial charge on any atom is 0.251 e. The van der Waals surface area contributed by atoms with Crippen molar-refractivity contribution in [2.24, 2.45) is 5.92 Å². The molecule has 6 nitrogen and oxygen atoms in total. The molecule has 0 radical (unpaired) electrons. The summed E-state index contributed by atoms with van der Waals surface area (Å²) in [6.45, 7) is 0. The van der Waals surface area contributed by atoms with E-state index in [1.165, 1.54) is 0 Å². The van der Waals surface area contributed by atoms with Crippen molar-refractivity contribution in [2.75, 3.05) is 17.7 Å². The molecule has 0 saturated carbocycles. The predicted molar refractivity (Wildman–Crippen MR) is 100.0 cm³/mol. The van der Waals surface area contributed by atoms with Gasteiger partial charge in [-0.15, -0.1) is 0 Å². The van der Waals surface area contributed by atoms with Gasteiger partial charge in [0.15, 0.2) is 0 Å². The molecule has 1 heterocycles. The van der Waals surface area contributed by atoms with Crippen molar-refractivity contribution in [1.29, 1.82) is 0 Å². The molecular formula is C20H21N3O3. The van der Waals surface area contributed by atoms with Gasteiger partial charge in [0.25, 0.3) is 5.91 Å². The first-order valence-corrected chi connectivity index (χ1v) is 8.57. The smallest absolute Gasteiger partial charge is 0.251 e. The standard InChI is InChI=1S/C20H21N3O3/c1-21-19(25)13-6-9-16(10-7-13)22-18(24)11-8-15-12-14-4-2-3-5-17(14)23-20(15)26/h2-7,9-10,15H,8,11-12H2,1H3,(H,21,25)(H,22,24)(H,23,26). The summed E-state index contributed by atoms with van der Waals surface area (Å²) in [6, 6.07) is 14.4. The van der Waals surface area contributed by atoms with E-state index in [9.17, 15) is 14.4 Å². The number of benzene rings is 2. The molecule has 1 aliphatic heterocycles. The maximum atomic E-state index is 12.2. The molecule has 6 heteroatoms. The van der Waals surface area contributed by atoms with E-state index in [1.807, 2.05) is 24.3 Å². The molecule has 1 aliphatic rings. The fourth-order valence-corrected chi connectivity index (χ4v) is 3.02.